The first-order valence-electron chi connectivity index (χ1n) is 11.7. The summed E-state index contributed by atoms with van der Waals surface area (Å²) in [6.45, 7) is 1.50. The van der Waals surface area contributed by atoms with Crippen LogP contribution in [0.4, 0.5) is 8.78 Å². The fourth-order valence-corrected chi connectivity index (χ4v) is 5.91. The molecule has 1 aromatic heterocycles. The molecule has 2 aliphatic carbocycles. The van der Waals surface area contributed by atoms with E-state index in [-0.39, 0.29) is 44.7 Å². The summed E-state index contributed by atoms with van der Waals surface area (Å²) in [4.78, 5) is 32.3. The van der Waals surface area contributed by atoms with Gasteiger partial charge in [0.2, 0.25) is 5.91 Å². The highest BCUT2D eigenvalue weighted by molar-refractivity contribution is 7.91. The lowest BCUT2D eigenvalue weighted by atomic mass is 9.89. The Labute approximate surface area is 212 Å². The van der Waals surface area contributed by atoms with Crippen molar-refractivity contribution >= 4 is 33.3 Å². The normalized spacial score (nSPS) is 23.7. The van der Waals surface area contributed by atoms with Crippen molar-refractivity contribution in [1.82, 2.24) is 15.2 Å². The number of carbonyl (C=O) groups excluding carboxylic acids is 2. The highest BCUT2D eigenvalue weighted by Gasteiger charge is 2.49. The fraction of sp³-hybridized carbons (Fsp3) is 0.400. The van der Waals surface area contributed by atoms with Gasteiger partial charge in [0.05, 0.1) is 33.3 Å². The predicted octanol–water partition coefficient (Wildman–Crippen LogP) is 3.84. The van der Waals surface area contributed by atoms with Crippen LogP contribution in [0.3, 0.4) is 0 Å². The van der Waals surface area contributed by atoms with Gasteiger partial charge < -0.3 is 10.2 Å². The second kappa shape index (κ2) is 9.23. The number of likely N-dealkylation sites (tertiary alicyclic amines) is 1. The molecule has 1 aromatic carbocycles. The van der Waals surface area contributed by atoms with Crippen LogP contribution in [0.25, 0.3) is 0 Å². The largest absolute Gasteiger partial charge is 0.347 e. The van der Waals surface area contributed by atoms with Gasteiger partial charge in [0, 0.05) is 23.9 Å². The lowest BCUT2D eigenvalue weighted by Crippen LogP contribution is -2.50. The van der Waals surface area contributed by atoms with Crippen molar-refractivity contribution in [2.24, 2.45) is 11.8 Å². The van der Waals surface area contributed by atoms with Crippen molar-refractivity contribution in [2.75, 3.05) is 5.75 Å². The Morgan fingerprint density at radius 3 is 2.56 bits per heavy atom. The van der Waals surface area contributed by atoms with Gasteiger partial charge in [0.15, 0.2) is 9.84 Å². The summed E-state index contributed by atoms with van der Waals surface area (Å²) in [7, 11) is -3.58. The van der Waals surface area contributed by atoms with E-state index in [0.29, 0.717) is 6.42 Å². The van der Waals surface area contributed by atoms with E-state index in [1.807, 2.05) is 12.2 Å². The molecule has 11 heteroatoms. The molecule has 2 fully saturated rings. The van der Waals surface area contributed by atoms with Gasteiger partial charge in [0.25, 0.3) is 5.91 Å². The topological polar surface area (TPSA) is 96.4 Å². The van der Waals surface area contributed by atoms with Crippen molar-refractivity contribution in [2.45, 2.75) is 49.2 Å². The number of nitrogens with zero attached hydrogens (tertiary/aromatic N) is 2. The van der Waals surface area contributed by atoms with Crippen LogP contribution in [0.5, 0.6) is 0 Å². The molecule has 0 bridgehead atoms. The van der Waals surface area contributed by atoms with Crippen LogP contribution in [0, 0.1) is 23.5 Å². The third-order valence-electron chi connectivity index (χ3n) is 7.15. The summed E-state index contributed by atoms with van der Waals surface area (Å²) in [5, 5.41) is 2.51. The first kappa shape index (κ1) is 24.8. The molecule has 2 aromatic rings. The van der Waals surface area contributed by atoms with Gasteiger partial charge in [-0.15, -0.1) is 0 Å². The fourth-order valence-electron chi connectivity index (χ4n) is 4.90. The minimum absolute atomic E-state index is 0.0198. The Hall–Kier alpha value is -2.85. The van der Waals surface area contributed by atoms with E-state index < -0.39 is 45.4 Å². The average molecular weight is 536 g/mol. The lowest BCUT2D eigenvalue weighted by molar-refractivity contribution is -0.126. The molecule has 1 aliphatic heterocycles. The number of fused-ring (bicyclic) bond motifs is 1. The summed E-state index contributed by atoms with van der Waals surface area (Å²) in [6.07, 6.45) is 8.08. The van der Waals surface area contributed by atoms with Gasteiger partial charge in [-0.05, 0) is 43.4 Å². The van der Waals surface area contributed by atoms with Crippen LogP contribution in [0.15, 0.2) is 47.6 Å². The molecule has 5 rings (SSSR count). The zero-order chi connectivity index (χ0) is 25.8. The Morgan fingerprint density at radius 2 is 1.92 bits per heavy atom. The van der Waals surface area contributed by atoms with Gasteiger partial charge in [-0.3, -0.25) is 14.6 Å². The molecule has 1 saturated carbocycles. The molecule has 2 amide bonds. The van der Waals surface area contributed by atoms with Gasteiger partial charge >= 0.3 is 0 Å². The standard InChI is InChI=1S/C25H24ClF2N3O4S/c1-2-36(34,35)16-7-15(11-29-12-16)25(33)31-21-6-5-14(21)8-22(31)24(32)30-23(13-3-4-13)17-9-20(28)18(26)10-19(17)27/h5-7,9-14,21-23H,2-4,8H2,1H3,(H,30,32)/t14-,21-,22-,23-/m1/s1. The predicted molar refractivity (Wildman–Crippen MR) is 128 cm³/mol. The molecule has 190 valence electrons. The third kappa shape index (κ3) is 4.41. The number of hydrogen-bond acceptors (Lipinski definition) is 5. The first-order valence-corrected chi connectivity index (χ1v) is 13.8. The van der Waals surface area contributed by atoms with Crippen molar-refractivity contribution in [1.29, 1.82) is 0 Å². The van der Waals surface area contributed by atoms with Crippen LogP contribution in [0.1, 0.15) is 48.1 Å². The van der Waals surface area contributed by atoms with Crippen LogP contribution in [-0.4, -0.2) is 48.0 Å². The molecule has 3 aliphatic rings. The Kier molecular flexibility index (Phi) is 6.36. The Morgan fingerprint density at radius 1 is 1.17 bits per heavy atom. The molecule has 0 spiro atoms. The molecule has 2 heterocycles. The summed E-state index contributed by atoms with van der Waals surface area (Å²) in [5.41, 5.74) is 0.0826. The highest BCUT2D eigenvalue weighted by atomic mass is 35.5. The Balaban J connectivity index is 1.42. The second-order valence-electron chi connectivity index (χ2n) is 9.43. The maximum Gasteiger partial charge on any atom is 0.256 e. The van der Waals surface area contributed by atoms with E-state index in [9.17, 15) is 26.8 Å². The SMILES string of the molecule is CCS(=O)(=O)c1cncc(C(=O)N2[C@@H](C(=O)N[C@@H](c3cc(F)c(Cl)cc3F)C3CC3)C[C@H]3C=C[C@H]32)c1. The molecule has 36 heavy (non-hydrogen) atoms. The number of benzene rings is 1. The van der Waals surface area contributed by atoms with Crippen molar-refractivity contribution in [3.63, 3.8) is 0 Å². The monoisotopic (exact) mass is 535 g/mol. The number of halogens is 3. The maximum atomic E-state index is 14.7. The number of nitrogens with one attached hydrogen (secondary N) is 1. The van der Waals surface area contributed by atoms with Crippen LogP contribution in [0.2, 0.25) is 5.02 Å². The molecular weight excluding hydrogens is 512 g/mol. The molecular formula is C25H24ClF2N3O4S. The number of pyridine rings is 1. The van der Waals surface area contributed by atoms with E-state index >= 15 is 0 Å². The first-order chi connectivity index (χ1) is 17.1. The quantitative estimate of drug-likeness (QED) is 0.429. The van der Waals surface area contributed by atoms with Gasteiger partial charge in [0.1, 0.15) is 17.7 Å². The number of rotatable bonds is 7. The van der Waals surface area contributed by atoms with E-state index in [1.54, 1.807) is 0 Å². The van der Waals surface area contributed by atoms with Crippen molar-refractivity contribution in [3.8, 4) is 0 Å². The number of hydrogen-bond donors (Lipinski definition) is 1. The highest BCUT2D eigenvalue weighted by Crippen LogP contribution is 2.44. The smallest absolute Gasteiger partial charge is 0.256 e. The maximum absolute atomic E-state index is 14.7. The molecule has 7 nitrogen and oxygen atoms in total. The van der Waals surface area contributed by atoms with Crippen LogP contribution >= 0.6 is 11.6 Å². The molecule has 1 N–H and O–H groups in total. The second-order valence-corrected chi connectivity index (χ2v) is 12.1. The minimum atomic E-state index is -3.58. The van der Waals surface area contributed by atoms with E-state index in [2.05, 4.69) is 10.3 Å². The number of amides is 2. The zero-order valence-electron chi connectivity index (χ0n) is 19.3. The average Bonchev–Trinajstić information content (AvgIpc) is 3.64. The number of sulfone groups is 1. The van der Waals surface area contributed by atoms with E-state index in [0.717, 1.165) is 25.0 Å². The summed E-state index contributed by atoms with van der Waals surface area (Å²) >= 11 is 5.70. The van der Waals surface area contributed by atoms with E-state index in [4.69, 9.17) is 11.6 Å². The lowest BCUT2D eigenvalue weighted by Gasteiger charge is -2.33. The van der Waals surface area contributed by atoms with E-state index in [1.165, 1.54) is 30.3 Å². The van der Waals surface area contributed by atoms with Gasteiger partial charge in [-0.2, -0.15) is 0 Å². The Bertz CT molecular complexity index is 1380. The molecule has 1 saturated heterocycles. The van der Waals surface area contributed by atoms with Crippen molar-refractivity contribution in [3.05, 3.63) is 70.5 Å². The van der Waals surface area contributed by atoms with Gasteiger partial charge in [-0.25, -0.2) is 17.2 Å². The number of carbonyl (C=O) groups is 2. The summed E-state index contributed by atoms with van der Waals surface area (Å²) in [5.74, 6) is -2.69. The third-order valence-corrected chi connectivity index (χ3v) is 9.14. The molecule has 4 atom stereocenters. The summed E-state index contributed by atoms with van der Waals surface area (Å²) in [6, 6.07) is 1.24. The van der Waals surface area contributed by atoms with Crippen LogP contribution in [-0.2, 0) is 14.6 Å². The number of aromatic nitrogens is 1. The zero-order valence-corrected chi connectivity index (χ0v) is 20.9. The van der Waals surface area contributed by atoms with Crippen LogP contribution < -0.4 is 5.32 Å². The summed E-state index contributed by atoms with van der Waals surface area (Å²) < 4.78 is 53.4. The minimum Gasteiger partial charge on any atom is -0.347 e. The van der Waals surface area contributed by atoms with Gasteiger partial charge in [-0.1, -0.05) is 30.7 Å². The molecule has 0 radical (unpaired) electrons. The molecule has 0 unspecified atom stereocenters. The van der Waals surface area contributed by atoms with Crippen molar-refractivity contribution < 1.29 is 26.8 Å².